The summed E-state index contributed by atoms with van der Waals surface area (Å²) in [4.78, 5) is -0.489. The van der Waals surface area contributed by atoms with Gasteiger partial charge in [0.15, 0.2) is 5.82 Å². The molecule has 21 heavy (non-hydrogen) atoms. The van der Waals surface area contributed by atoms with Crippen LogP contribution in [0.15, 0.2) is 17.0 Å². The molecule has 118 valence electrons. The predicted octanol–water partition coefficient (Wildman–Crippen LogP) is 3.17. The van der Waals surface area contributed by atoms with E-state index in [2.05, 4.69) is 11.6 Å². The van der Waals surface area contributed by atoms with Gasteiger partial charge in [0.1, 0.15) is 4.90 Å². The third-order valence-corrected chi connectivity index (χ3v) is 5.57. The molecule has 1 aromatic carbocycles. The molecular formula is C14H20ClFN2O2S. The van der Waals surface area contributed by atoms with Gasteiger partial charge in [-0.25, -0.2) is 17.5 Å². The fourth-order valence-electron chi connectivity index (χ4n) is 2.83. The zero-order valence-electron chi connectivity index (χ0n) is 11.9. The lowest BCUT2D eigenvalue weighted by Gasteiger charge is -2.26. The Morgan fingerprint density at radius 3 is 2.81 bits per heavy atom. The van der Waals surface area contributed by atoms with Crippen LogP contribution < -0.4 is 10.5 Å². The first-order valence-electron chi connectivity index (χ1n) is 7.04. The van der Waals surface area contributed by atoms with E-state index in [0.29, 0.717) is 18.4 Å². The van der Waals surface area contributed by atoms with Crippen molar-refractivity contribution in [1.82, 2.24) is 4.72 Å². The topological polar surface area (TPSA) is 72.2 Å². The number of nitrogens with one attached hydrogen (secondary N) is 1. The first kappa shape index (κ1) is 16.5. The van der Waals surface area contributed by atoms with Crippen molar-refractivity contribution in [2.24, 2.45) is 11.8 Å². The Morgan fingerprint density at radius 1 is 1.43 bits per heavy atom. The second-order valence-electron chi connectivity index (χ2n) is 5.80. The van der Waals surface area contributed by atoms with Gasteiger partial charge in [0.2, 0.25) is 10.0 Å². The van der Waals surface area contributed by atoms with Crippen LogP contribution in [0.3, 0.4) is 0 Å². The number of hydrogen-bond donors (Lipinski definition) is 2. The lowest BCUT2D eigenvalue weighted by Crippen LogP contribution is -2.32. The normalized spacial score (nSPS) is 23.2. The summed E-state index contributed by atoms with van der Waals surface area (Å²) < 4.78 is 40.8. The second-order valence-corrected chi connectivity index (χ2v) is 7.97. The summed E-state index contributed by atoms with van der Waals surface area (Å²) in [7, 11) is -3.94. The Hall–Kier alpha value is -0.850. The SMILES string of the molecule is CC1CCCC(CNS(=O)(=O)c2cc(Cl)cc(N)c2F)C1. The summed E-state index contributed by atoms with van der Waals surface area (Å²) in [5, 5.41) is 0.0977. The van der Waals surface area contributed by atoms with Crippen molar-refractivity contribution in [3.8, 4) is 0 Å². The van der Waals surface area contributed by atoms with E-state index in [-0.39, 0.29) is 10.7 Å². The number of benzene rings is 1. The van der Waals surface area contributed by atoms with Crippen LogP contribution in [0.1, 0.15) is 32.6 Å². The van der Waals surface area contributed by atoms with Gasteiger partial charge in [0.05, 0.1) is 5.69 Å². The first-order valence-corrected chi connectivity index (χ1v) is 8.90. The number of rotatable bonds is 4. The van der Waals surface area contributed by atoms with Gasteiger partial charge in [-0.3, -0.25) is 0 Å². The summed E-state index contributed by atoms with van der Waals surface area (Å²) in [6, 6.07) is 2.28. The smallest absolute Gasteiger partial charge is 0.243 e. The molecule has 0 radical (unpaired) electrons. The van der Waals surface area contributed by atoms with Gasteiger partial charge in [0.25, 0.3) is 0 Å². The summed E-state index contributed by atoms with van der Waals surface area (Å²) in [5.74, 6) is -0.0566. The monoisotopic (exact) mass is 334 g/mol. The molecule has 0 aromatic heterocycles. The standard InChI is InChI=1S/C14H20ClFN2O2S/c1-9-3-2-4-10(5-9)8-18-21(19,20)13-7-11(15)6-12(17)14(13)16/h6-7,9-10,18H,2-5,8,17H2,1H3. The van der Waals surface area contributed by atoms with Crippen LogP contribution in [0.4, 0.5) is 10.1 Å². The van der Waals surface area contributed by atoms with E-state index in [4.69, 9.17) is 17.3 Å². The van der Waals surface area contributed by atoms with Crippen molar-refractivity contribution in [3.63, 3.8) is 0 Å². The molecule has 0 aliphatic heterocycles. The van der Waals surface area contributed by atoms with Crippen molar-refractivity contribution in [2.75, 3.05) is 12.3 Å². The number of nitrogen functional groups attached to an aromatic ring is 1. The Bertz CT molecular complexity index is 622. The van der Waals surface area contributed by atoms with Crippen LogP contribution in [-0.4, -0.2) is 15.0 Å². The van der Waals surface area contributed by atoms with Crippen LogP contribution in [0.5, 0.6) is 0 Å². The second kappa shape index (κ2) is 6.50. The maximum Gasteiger partial charge on any atom is 0.243 e. The largest absolute Gasteiger partial charge is 0.396 e. The lowest BCUT2D eigenvalue weighted by atomic mass is 9.83. The fourth-order valence-corrected chi connectivity index (χ4v) is 4.37. The molecule has 1 aliphatic rings. The van der Waals surface area contributed by atoms with Crippen molar-refractivity contribution in [3.05, 3.63) is 23.0 Å². The van der Waals surface area contributed by atoms with Crippen LogP contribution in [0.25, 0.3) is 0 Å². The predicted molar refractivity (Wildman–Crippen MR) is 82.1 cm³/mol. The molecule has 1 saturated carbocycles. The molecular weight excluding hydrogens is 315 g/mol. The number of sulfonamides is 1. The van der Waals surface area contributed by atoms with Crippen LogP contribution in [0.2, 0.25) is 5.02 Å². The Kier molecular flexibility index (Phi) is 5.11. The minimum atomic E-state index is -3.94. The van der Waals surface area contributed by atoms with Crippen LogP contribution in [-0.2, 0) is 10.0 Å². The highest BCUT2D eigenvalue weighted by atomic mass is 35.5. The van der Waals surface area contributed by atoms with Crippen molar-refractivity contribution >= 4 is 27.3 Å². The van der Waals surface area contributed by atoms with Crippen molar-refractivity contribution in [1.29, 1.82) is 0 Å². The Balaban J connectivity index is 2.12. The van der Waals surface area contributed by atoms with Crippen molar-refractivity contribution < 1.29 is 12.8 Å². The average molecular weight is 335 g/mol. The molecule has 2 rings (SSSR count). The minimum absolute atomic E-state index is 0.0977. The number of halogens is 2. The molecule has 0 saturated heterocycles. The highest BCUT2D eigenvalue weighted by Crippen LogP contribution is 2.29. The fraction of sp³-hybridized carbons (Fsp3) is 0.571. The molecule has 1 fully saturated rings. The molecule has 0 spiro atoms. The first-order chi connectivity index (χ1) is 9.79. The highest BCUT2D eigenvalue weighted by molar-refractivity contribution is 7.89. The van der Waals surface area contributed by atoms with E-state index < -0.39 is 20.7 Å². The van der Waals surface area contributed by atoms with Gasteiger partial charge in [0, 0.05) is 11.6 Å². The minimum Gasteiger partial charge on any atom is -0.396 e. The zero-order chi connectivity index (χ0) is 15.6. The molecule has 0 heterocycles. The van der Waals surface area contributed by atoms with E-state index in [9.17, 15) is 12.8 Å². The molecule has 1 aromatic rings. The molecule has 2 atom stereocenters. The van der Waals surface area contributed by atoms with E-state index in [1.54, 1.807) is 0 Å². The summed E-state index contributed by atoms with van der Waals surface area (Å²) in [6.07, 6.45) is 4.27. The molecule has 0 bridgehead atoms. The number of nitrogens with two attached hydrogens (primary N) is 1. The number of hydrogen-bond acceptors (Lipinski definition) is 3. The van der Waals surface area contributed by atoms with Gasteiger partial charge in [-0.2, -0.15) is 0 Å². The van der Waals surface area contributed by atoms with Crippen LogP contribution in [0, 0.1) is 17.7 Å². The average Bonchev–Trinajstić information content (AvgIpc) is 2.41. The van der Waals surface area contributed by atoms with E-state index in [1.165, 1.54) is 12.5 Å². The third kappa shape index (κ3) is 4.08. The summed E-state index contributed by atoms with van der Waals surface area (Å²) in [6.45, 7) is 2.48. The van der Waals surface area contributed by atoms with Gasteiger partial charge in [-0.15, -0.1) is 0 Å². The molecule has 7 heteroatoms. The van der Waals surface area contributed by atoms with E-state index in [1.807, 2.05) is 0 Å². The Morgan fingerprint density at radius 2 is 2.14 bits per heavy atom. The molecule has 4 nitrogen and oxygen atoms in total. The zero-order valence-corrected chi connectivity index (χ0v) is 13.5. The van der Waals surface area contributed by atoms with Crippen LogP contribution >= 0.6 is 11.6 Å². The highest BCUT2D eigenvalue weighted by Gasteiger charge is 2.25. The third-order valence-electron chi connectivity index (χ3n) is 3.93. The Labute approximate surface area is 129 Å². The van der Waals surface area contributed by atoms with E-state index in [0.717, 1.165) is 25.3 Å². The van der Waals surface area contributed by atoms with Gasteiger partial charge in [-0.05, 0) is 36.8 Å². The maximum absolute atomic E-state index is 13.9. The molecule has 0 amide bonds. The lowest BCUT2D eigenvalue weighted by molar-refractivity contribution is 0.283. The summed E-state index contributed by atoms with van der Waals surface area (Å²) >= 11 is 5.76. The van der Waals surface area contributed by atoms with Gasteiger partial charge in [-0.1, -0.05) is 31.4 Å². The van der Waals surface area contributed by atoms with Crippen molar-refractivity contribution in [2.45, 2.75) is 37.5 Å². The van der Waals surface area contributed by atoms with Gasteiger partial charge >= 0.3 is 0 Å². The quantitative estimate of drug-likeness (QED) is 0.831. The van der Waals surface area contributed by atoms with Gasteiger partial charge < -0.3 is 5.73 Å². The maximum atomic E-state index is 13.9. The van der Waals surface area contributed by atoms with E-state index >= 15 is 0 Å². The number of anilines is 1. The molecule has 1 aliphatic carbocycles. The molecule has 2 unspecified atom stereocenters. The summed E-state index contributed by atoms with van der Waals surface area (Å²) in [5.41, 5.74) is 5.15. The molecule has 3 N–H and O–H groups in total.